The molecule has 1 aromatic rings. The van der Waals surface area contributed by atoms with Crippen molar-refractivity contribution in [3.63, 3.8) is 0 Å². The molecule has 1 aliphatic rings. The van der Waals surface area contributed by atoms with E-state index >= 15 is 0 Å². The molecule has 20 heavy (non-hydrogen) atoms. The van der Waals surface area contributed by atoms with E-state index in [0.717, 1.165) is 31.6 Å². The molecule has 0 unspecified atom stereocenters. The molecule has 112 valence electrons. The highest BCUT2D eigenvalue weighted by Gasteiger charge is 2.18. The van der Waals surface area contributed by atoms with Gasteiger partial charge in [-0.25, -0.2) is 13.1 Å². The van der Waals surface area contributed by atoms with E-state index in [9.17, 15) is 8.42 Å². The largest absolute Gasteiger partial charge is 0.397 e. The van der Waals surface area contributed by atoms with E-state index in [-0.39, 0.29) is 4.90 Å². The van der Waals surface area contributed by atoms with Crippen LogP contribution in [-0.4, -0.2) is 28.1 Å². The lowest BCUT2D eigenvalue weighted by molar-refractivity contribution is 0.584. The average molecular weight is 297 g/mol. The Morgan fingerprint density at radius 2 is 1.85 bits per heavy atom. The molecule has 0 aromatic heterocycles. The van der Waals surface area contributed by atoms with Gasteiger partial charge in [0.25, 0.3) is 0 Å². The predicted octanol–water partition coefficient (Wildman–Crippen LogP) is 1.95. The van der Waals surface area contributed by atoms with Crippen molar-refractivity contribution < 1.29 is 8.42 Å². The molecule has 6 heteroatoms. The number of nitrogens with one attached hydrogen (secondary N) is 1. The van der Waals surface area contributed by atoms with Crippen molar-refractivity contribution in [1.29, 1.82) is 0 Å². The van der Waals surface area contributed by atoms with Gasteiger partial charge in [-0.15, -0.1) is 0 Å². The van der Waals surface area contributed by atoms with Gasteiger partial charge in [-0.2, -0.15) is 0 Å². The summed E-state index contributed by atoms with van der Waals surface area (Å²) in [4.78, 5) is 2.49. The molecule has 3 N–H and O–H groups in total. The molecule has 1 fully saturated rings. The van der Waals surface area contributed by atoms with Gasteiger partial charge in [-0.05, 0) is 31.0 Å². The Bertz CT molecular complexity index is 550. The fraction of sp³-hybridized carbons (Fsp3) is 0.571. The van der Waals surface area contributed by atoms with Crippen LogP contribution in [0.5, 0.6) is 0 Å². The van der Waals surface area contributed by atoms with Crippen molar-refractivity contribution in [3.05, 3.63) is 18.2 Å². The van der Waals surface area contributed by atoms with E-state index in [1.54, 1.807) is 25.1 Å². The van der Waals surface area contributed by atoms with Gasteiger partial charge in [0.2, 0.25) is 10.0 Å². The zero-order chi connectivity index (χ0) is 14.6. The third kappa shape index (κ3) is 3.43. The monoisotopic (exact) mass is 297 g/mol. The van der Waals surface area contributed by atoms with Gasteiger partial charge in [0.1, 0.15) is 0 Å². The molecule has 1 heterocycles. The molecule has 0 spiro atoms. The van der Waals surface area contributed by atoms with Crippen LogP contribution in [0.15, 0.2) is 23.1 Å². The molecule has 0 atom stereocenters. The molecule has 0 aliphatic carbocycles. The average Bonchev–Trinajstić information content (AvgIpc) is 2.67. The topological polar surface area (TPSA) is 75.4 Å². The van der Waals surface area contributed by atoms with E-state index in [0.29, 0.717) is 12.2 Å². The number of rotatable bonds is 4. The molecule has 0 radical (unpaired) electrons. The second-order valence-corrected chi connectivity index (χ2v) is 6.89. The van der Waals surface area contributed by atoms with Gasteiger partial charge in [0, 0.05) is 19.6 Å². The quantitative estimate of drug-likeness (QED) is 0.833. The van der Waals surface area contributed by atoms with Crippen molar-refractivity contribution >= 4 is 21.4 Å². The Balaban J connectivity index is 2.33. The van der Waals surface area contributed by atoms with E-state index < -0.39 is 10.0 Å². The van der Waals surface area contributed by atoms with Crippen LogP contribution in [-0.2, 0) is 10.0 Å². The zero-order valence-corrected chi connectivity index (χ0v) is 12.7. The lowest BCUT2D eigenvalue weighted by Gasteiger charge is -2.24. The summed E-state index contributed by atoms with van der Waals surface area (Å²) in [5.74, 6) is 0. The van der Waals surface area contributed by atoms with Gasteiger partial charge < -0.3 is 10.6 Å². The minimum atomic E-state index is -3.43. The SMILES string of the molecule is CCNS(=O)(=O)c1ccc(N)c(N2CCCCCC2)c1. The van der Waals surface area contributed by atoms with Crippen LogP contribution in [0.25, 0.3) is 0 Å². The van der Waals surface area contributed by atoms with Crippen molar-refractivity contribution in [2.45, 2.75) is 37.5 Å². The summed E-state index contributed by atoms with van der Waals surface area (Å²) >= 11 is 0. The molecule has 5 nitrogen and oxygen atoms in total. The van der Waals surface area contributed by atoms with Crippen LogP contribution in [0.3, 0.4) is 0 Å². The first-order valence-corrected chi connectivity index (χ1v) is 8.67. The summed E-state index contributed by atoms with van der Waals surface area (Å²) in [5, 5.41) is 0. The third-order valence-corrected chi connectivity index (χ3v) is 5.14. The molecule has 0 saturated carbocycles. The first kappa shape index (κ1) is 15.1. The maximum Gasteiger partial charge on any atom is 0.240 e. The summed E-state index contributed by atoms with van der Waals surface area (Å²) < 4.78 is 26.7. The highest BCUT2D eigenvalue weighted by molar-refractivity contribution is 7.89. The maximum atomic E-state index is 12.1. The van der Waals surface area contributed by atoms with Gasteiger partial charge in [-0.1, -0.05) is 19.8 Å². The number of anilines is 2. The first-order valence-electron chi connectivity index (χ1n) is 7.19. The summed E-state index contributed by atoms with van der Waals surface area (Å²) in [5.41, 5.74) is 7.51. The Hall–Kier alpha value is -1.27. The van der Waals surface area contributed by atoms with Crippen LogP contribution in [0.2, 0.25) is 0 Å². The van der Waals surface area contributed by atoms with Crippen LogP contribution in [0, 0.1) is 0 Å². The van der Waals surface area contributed by atoms with Gasteiger partial charge in [0.05, 0.1) is 16.3 Å². The summed E-state index contributed by atoms with van der Waals surface area (Å²) in [6.07, 6.45) is 4.71. The van der Waals surface area contributed by atoms with Crippen LogP contribution >= 0.6 is 0 Å². The molecular formula is C14H23N3O2S. The van der Waals surface area contributed by atoms with Crippen LogP contribution in [0.4, 0.5) is 11.4 Å². The van der Waals surface area contributed by atoms with Crippen LogP contribution < -0.4 is 15.4 Å². The van der Waals surface area contributed by atoms with Crippen molar-refractivity contribution in [1.82, 2.24) is 4.72 Å². The predicted molar refractivity (Wildman–Crippen MR) is 82.4 cm³/mol. The lowest BCUT2D eigenvalue weighted by Crippen LogP contribution is -2.26. The standard InChI is InChI=1S/C14H23N3O2S/c1-2-16-20(18,19)12-7-8-13(15)14(11-12)17-9-5-3-4-6-10-17/h7-8,11,16H,2-6,9-10,15H2,1H3. The third-order valence-electron chi connectivity index (χ3n) is 3.59. The normalized spacial score (nSPS) is 16.9. The minimum absolute atomic E-state index is 0.285. The molecule has 2 rings (SSSR count). The fourth-order valence-electron chi connectivity index (χ4n) is 2.55. The zero-order valence-electron chi connectivity index (χ0n) is 11.9. The second kappa shape index (κ2) is 6.45. The molecule has 1 aromatic carbocycles. The second-order valence-electron chi connectivity index (χ2n) is 5.12. The molecule has 0 bridgehead atoms. The number of nitrogens with two attached hydrogens (primary N) is 1. The molecule has 1 aliphatic heterocycles. The number of benzene rings is 1. The van der Waals surface area contributed by atoms with Crippen LogP contribution in [0.1, 0.15) is 32.6 Å². The minimum Gasteiger partial charge on any atom is -0.397 e. The lowest BCUT2D eigenvalue weighted by atomic mass is 10.2. The Kier molecular flexibility index (Phi) is 4.88. The van der Waals surface area contributed by atoms with Gasteiger partial charge >= 0.3 is 0 Å². The number of nitrogen functional groups attached to an aromatic ring is 1. The number of sulfonamides is 1. The Labute approximate surface area is 121 Å². The molecule has 0 amide bonds. The van der Waals surface area contributed by atoms with Crippen molar-refractivity contribution in [3.8, 4) is 0 Å². The fourth-order valence-corrected chi connectivity index (χ4v) is 3.61. The number of hydrogen-bond donors (Lipinski definition) is 2. The van der Waals surface area contributed by atoms with E-state index in [1.807, 2.05) is 0 Å². The highest BCUT2D eigenvalue weighted by atomic mass is 32.2. The highest BCUT2D eigenvalue weighted by Crippen LogP contribution is 2.28. The summed E-state index contributed by atoms with van der Waals surface area (Å²) in [6.45, 7) is 4.03. The first-order chi connectivity index (χ1) is 9.54. The Morgan fingerprint density at radius 3 is 2.45 bits per heavy atom. The van der Waals surface area contributed by atoms with Crippen molar-refractivity contribution in [2.75, 3.05) is 30.3 Å². The van der Waals surface area contributed by atoms with Crippen molar-refractivity contribution in [2.24, 2.45) is 0 Å². The van der Waals surface area contributed by atoms with E-state index in [1.165, 1.54) is 12.8 Å². The Morgan fingerprint density at radius 1 is 1.20 bits per heavy atom. The molecular weight excluding hydrogens is 274 g/mol. The van der Waals surface area contributed by atoms with E-state index in [2.05, 4.69) is 9.62 Å². The smallest absolute Gasteiger partial charge is 0.240 e. The number of hydrogen-bond acceptors (Lipinski definition) is 4. The molecule has 1 saturated heterocycles. The van der Waals surface area contributed by atoms with Gasteiger partial charge in [-0.3, -0.25) is 0 Å². The summed E-state index contributed by atoms with van der Waals surface area (Å²) in [6, 6.07) is 4.94. The van der Waals surface area contributed by atoms with Gasteiger partial charge in [0.15, 0.2) is 0 Å². The maximum absolute atomic E-state index is 12.1. The number of nitrogens with zero attached hydrogens (tertiary/aromatic N) is 1. The summed E-state index contributed by atoms with van der Waals surface area (Å²) in [7, 11) is -3.43. The van der Waals surface area contributed by atoms with E-state index in [4.69, 9.17) is 5.73 Å².